The highest BCUT2D eigenvalue weighted by Crippen LogP contribution is 2.26. The van der Waals surface area contributed by atoms with Crippen LogP contribution in [0.4, 0.5) is 5.95 Å². The van der Waals surface area contributed by atoms with Crippen LogP contribution in [0.3, 0.4) is 0 Å². The highest BCUT2D eigenvalue weighted by Gasteiger charge is 2.25. The lowest BCUT2D eigenvalue weighted by Crippen LogP contribution is -2.32. The molecule has 6 nitrogen and oxygen atoms in total. The summed E-state index contributed by atoms with van der Waals surface area (Å²) in [5, 5.41) is 0.485. The van der Waals surface area contributed by atoms with Crippen molar-refractivity contribution >= 4 is 22.8 Å². The van der Waals surface area contributed by atoms with Crippen LogP contribution in [0.1, 0.15) is 41.6 Å². The number of Topliss-reactive ketones (excluding diaryl/α,β-unsaturated/α-hetero) is 1. The van der Waals surface area contributed by atoms with Crippen LogP contribution in [-0.2, 0) is 6.42 Å². The average Bonchev–Trinajstić information content (AvgIpc) is 2.89. The highest BCUT2D eigenvalue weighted by molar-refractivity contribution is 6.04. The minimum atomic E-state index is -0.181. The van der Waals surface area contributed by atoms with E-state index in [0.717, 1.165) is 31.5 Å². The van der Waals surface area contributed by atoms with Crippen LogP contribution in [0, 0.1) is 0 Å². The Bertz CT molecular complexity index is 790. The number of carbonyl (C=O) groups is 1. The first-order valence-corrected chi connectivity index (χ1v) is 7.44. The Kier molecular flexibility index (Phi) is 2.77. The average molecular weight is 284 g/mol. The van der Waals surface area contributed by atoms with Crippen molar-refractivity contribution < 1.29 is 4.79 Å². The van der Waals surface area contributed by atoms with Crippen LogP contribution >= 0.6 is 0 Å². The van der Waals surface area contributed by atoms with E-state index in [2.05, 4.69) is 19.9 Å². The monoisotopic (exact) mass is 284 g/mol. The van der Waals surface area contributed by atoms with E-state index in [9.17, 15) is 9.59 Å². The lowest BCUT2D eigenvalue weighted by atomic mass is 10.1. The first kappa shape index (κ1) is 12.5. The molecule has 0 spiro atoms. The number of pyridine rings is 1. The molecule has 108 valence electrons. The van der Waals surface area contributed by atoms with Gasteiger partial charge in [-0.1, -0.05) is 0 Å². The summed E-state index contributed by atoms with van der Waals surface area (Å²) >= 11 is 0. The number of nitrogens with one attached hydrogen (secondary N) is 1. The number of hydrogen-bond donors (Lipinski definition) is 1. The van der Waals surface area contributed by atoms with Gasteiger partial charge < -0.3 is 4.90 Å². The Morgan fingerprint density at radius 3 is 2.71 bits per heavy atom. The molecule has 1 aliphatic carbocycles. The number of carbonyl (C=O) groups excluding carboxylic acids is 1. The summed E-state index contributed by atoms with van der Waals surface area (Å²) in [5.41, 5.74) is 1.66. The van der Waals surface area contributed by atoms with Crippen molar-refractivity contribution in [3.8, 4) is 0 Å². The standard InChI is InChI=1S/C15H16N4O2/c20-11-5-4-9-10(11)8-16-13-12(9)14(21)18-15(17-13)19-6-2-1-3-7-19/h8H,1-7H2,(H,16,17,18,21). The van der Waals surface area contributed by atoms with Gasteiger partial charge in [0.25, 0.3) is 5.56 Å². The maximum Gasteiger partial charge on any atom is 0.262 e. The van der Waals surface area contributed by atoms with Gasteiger partial charge in [0.15, 0.2) is 11.4 Å². The number of aryl methyl sites for hydroxylation is 1. The predicted octanol–water partition coefficient (Wildman–Crippen LogP) is 1.44. The van der Waals surface area contributed by atoms with Crippen molar-refractivity contribution in [1.29, 1.82) is 0 Å². The molecule has 4 rings (SSSR count). The molecule has 21 heavy (non-hydrogen) atoms. The van der Waals surface area contributed by atoms with E-state index in [-0.39, 0.29) is 11.3 Å². The predicted molar refractivity (Wildman–Crippen MR) is 78.9 cm³/mol. The minimum Gasteiger partial charge on any atom is -0.342 e. The molecule has 0 saturated carbocycles. The summed E-state index contributed by atoms with van der Waals surface area (Å²) < 4.78 is 0. The Labute approximate surface area is 121 Å². The van der Waals surface area contributed by atoms with Crippen LogP contribution < -0.4 is 10.5 Å². The molecule has 1 N–H and O–H groups in total. The van der Waals surface area contributed by atoms with E-state index in [1.165, 1.54) is 6.42 Å². The number of piperidine rings is 1. The van der Waals surface area contributed by atoms with Gasteiger partial charge in [0.05, 0.1) is 5.39 Å². The van der Waals surface area contributed by atoms with Crippen LogP contribution in [-0.4, -0.2) is 33.8 Å². The zero-order valence-electron chi connectivity index (χ0n) is 11.7. The number of hydrogen-bond acceptors (Lipinski definition) is 5. The fourth-order valence-corrected chi connectivity index (χ4v) is 3.28. The van der Waals surface area contributed by atoms with E-state index < -0.39 is 0 Å². The molecule has 3 heterocycles. The number of rotatable bonds is 1. The Morgan fingerprint density at radius 2 is 1.90 bits per heavy atom. The molecule has 1 fully saturated rings. The molecule has 0 bridgehead atoms. The van der Waals surface area contributed by atoms with Crippen LogP contribution in [0.2, 0.25) is 0 Å². The SMILES string of the molecule is O=C1CCc2c1cnc1nc(N3CCCCC3)[nH]c(=O)c21. The number of aromatic nitrogens is 3. The molecule has 0 amide bonds. The zero-order chi connectivity index (χ0) is 14.4. The first-order chi connectivity index (χ1) is 10.2. The molecule has 0 radical (unpaired) electrons. The number of aromatic amines is 1. The van der Waals surface area contributed by atoms with Gasteiger partial charge in [-0.3, -0.25) is 14.6 Å². The Hall–Kier alpha value is -2.24. The quantitative estimate of drug-likeness (QED) is 0.857. The van der Waals surface area contributed by atoms with E-state index in [4.69, 9.17) is 0 Å². The maximum atomic E-state index is 12.4. The van der Waals surface area contributed by atoms with Gasteiger partial charge in [0.1, 0.15) is 0 Å². The van der Waals surface area contributed by atoms with E-state index in [1.54, 1.807) is 6.20 Å². The number of H-pyrrole nitrogens is 1. The normalized spacial score (nSPS) is 18.3. The molecule has 2 aliphatic rings. The third-order valence-electron chi connectivity index (χ3n) is 4.39. The summed E-state index contributed by atoms with van der Waals surface area (Å²) in [6.45, 7) is 1.83. The van der Waals surface area contributed by atoms with Crippen LogP contribution in [0.5, 0.6) is 0 Å². The molecule has 0 aromatic carbocycles. The fourth-order valence-electron chi connectivity index (χ4n) is 3.28. The summed E-state index contributed by atoms with van der Waals surface area (Å²) in [7, 11) is 0. The van der Waals surface area contributed by atoms with Crippen LogP contribution in [0.25, 0.3) is 11.0 Å². The second-order valence-electron chi connectivity index (χ2n) is 5.71. The van der Waals surface area contributed by atoms with Gasteiger partial charge in [0, 0.05) is 31.3 Å². The Balaban J connectivity index is 1.88. The van der Waals surface area contributed by atoms with E-state index in [0.29, 0.717) is 35.4 Å². The number of ketones is 1. The molecule has 2 aromatic heterocycles. The molecular weight excluding hydrogens is 268 g/mol. The first-order valence-electron chi connectivity index (χ1n) is 7.44. The van der Waals surface area contributed by atoms with Crippen molar-refractivity contribution in [2.75, 3.05) is 18.0 Å². The molecule has 1 saturated heterocycles. The molecule has 0 atom stereocenters. The molecule has 2 aromatic rings. The molecule has 0 unspecified atom stereocenters. The lowest BCUT2D eigenvalue weighted by Gasteiger charge is -2.27. The second-order valence-corrected chi connectivity index (χ2v) is 5.71. The maximum absolute atomic E-state index is 12.4. The second kappa shape index (κ2) is 4.65. The van der Waals surface area contributed by atoms with Gasteiger partial charge in [-0.2, -0.15) is 4.98 Å². The summed E-state index contributed by atoms with van der Waals surface area (Å²) in [5.74, 6) is 0.669. The highest BCUT2D eigenvalue weighted by atomic mass is 16.1. The smallest absolute Gasteiger partial charge is 0.262 e. The fraction of sp³-hybridized carbons (Fsp3) is 0.467. The largest absolute Gasteiger partial charge is 0.342 e. The van der Waals surface area contributed by atoms with Crippen molar-refractivity contribution in [2.45, 2.75) is 32.1 Å². The van der Waals surface area contributed by atoms with Gasteiger partial charge in [-0.05, 0) is 31.2 Å². The number of anilines is 1. The number of nitrogens with zero attached hydrogens (tertiary/aromatic N) is 3. The van der Waals surface area contributed by atoms with Gasteiger partial charge >= 0.3 is 0 Å². The minimum absolute atomic E-state index is 0.0684. The third kappa shape index (κ3) is 1.93. The summed E-state index contributed by atoms with van der Waals surface area (Å²) in [6.07, 6.45) is 6.10. The summed E-state index contributed by atoms with van der Waals surface area (Å²) in [6, 6.07) is 0. The van der Waals surface area contributed by atoms with Gasteiger partial charge in [-0.25, -0.2) is 4.98 Å². The van der Waals surface area contributed by atoms with Crippen LogP contribution in [0.15, 0.2) is 11.0 Å². The zero-order valence-corrected chi connectivity index (χ0v) is 11.7. The van der Waals surface area contributed by atoms with Crippen molar-refractivity contribution in [1.82, 2.24) is 15.0 Å². The van der Waals surface area contributed by atoms with Crippen molar-refractivity contribution in [2.24, 2.45) is 0 Å². The molecule has 1 aliphatic heterocycles. The summed E-state index contributed by atoms with van der Waals surface area (Å²) in [4.78, 5) is 37.9. The Morgan fingerprint density at radius 1 is 1.10 bits per heavy atom. The third-order valence-corrected chi connectivity index (χ3v) is 4.39. The van der Waals surface area contributed by atoms with E-state index in [1.807, 2.05) is 0 Å². The van der Waals surface area contributed by atoms with E-state index >= 15 is 0 Å². The van der Waals surface area contributed by atoms with Crippen molar-refractivity contribution in [3.05, 3.63) is 27.7 Å². The number of fused-ring (bicyclic) bond motifs is 3. The molecule has 6 heteroatoms. The topological polar surface area (TPSA) is 79.0 Å². The van der Waals surface area contributed by atoms with Gasteiger partial charge in [0.2, 0.25) is 5.95 Å². The lowest BCUT2D eigenvalue weighted by molar-refractivity contribution is 0.0994. The van der Waals surface area contributed by atoms with Crippen molar-refractivity contribution in [3.63, 3.8) is 0 Å². The molecular formula is C15H16N4O2. The van der Waals surface area contributed by atoms with Gasteiger partial charge in [-0.15, -0.1) is 0 Å².